The molecular weight excluding hydrogens is 234 g/mol. The van der Waals surface area contributed by atoms with Crippen LogP contribution in [0.5, 0.6) is 5.75 Å². The van der Waals surface area contributed by atoms with Gasteiger partial charge in [-0.2, -0.15) is 0 Å². The van der Waals surface area contributed by atoms with Crippen LogP contribution in [0.15, 0.2) is 29.8 Å². The van der Waals surface area contributed by atoms with E-state index in [1.54, 1.807) is 0 Å². The molecule has 0 fully saturated rings. The third-order valence-corrected chi connectivity index (χ3v) is 3.28. The molecule has 17 heavy (non-hydrogen) atoms. The molecule has 0 aromatic heterocycles. The van der Waals surface area contributed by atoms with Crippen molar-refractivity contribution in [3.63, 3.8) is 0 Å². The van der Waals surface area contributed by atoms with Crippen LogP contribution in [-0.4, -0.2) is 13.7 Å². The van der Waals surface area contributed by atoms with Gasteiger partial charge in [-0.25, -0.2) is 0 Å². The van der Waals surface area contributed by atoms with Gasteiger partial charge in [-0.15, -0.1) is 0 Å². The summed E-state index contributed by atoms with van der Waals surface area (Å²) in [5, 5.41) is 3.87. The zero-order chi connectivity index (χ0) is 12.3. The number of aryl methyl sites for hydroxylation is 1. The van der Waals surface area contributed by atoms with E-state index in [1.165, 1.54) is 24.0 Å². The quantitative estimate of drug-likeness (QED) is 0.886. The minimum absolute atomic E-state index is 0.366. The van der Waals surface area contributed by atoms with Crippen molar-refractivity contribution in [2.24, 2.45) is 0 Å². The molecule has 0 heterocycles. The van der Waals surface area contributed by atoms with Crippen molar-refractivity contribution >= 4 is 11.6 Å². The first-order valence-electron chi connectivity index (χ1n) is 5.97. The lowest BCUT2D eigenvalue weighted by atomic mass is 9.87. The molecule has 0 spiro atoms. The normalized spacial score (nSPS) is 18.6. The van der Waals surface area contributed by atoms with Crippen LogP contribution in [0.4, 0.5) is 0 Å². The van der Waals surface area contributed by atoms with E-state index in [-0.39, 0.29) is 0 Å². The highest BCUT2D eigenvalue weighted by molar-refractivity contribution is 6.29. The molecule has 1 aliphatic rings. The Morgan fingerprint density at radius 1 is 1.59 bits per heavy atom. The molecule has 1 N–H and O–H groups in total. The molecule has 1 aliphatic carbocycles. The number of nitrogens with one attached hydrogen (secondary N) is 1. The lowest BCUT2D eigenvalue weighted by Gasteiger charge is -2.25. The lowest BCUT2D eigenvalue weighted by Crippen LogP contribution is -2.21. The van der Waals surface area contributed by atoms with Gasteiger partial charge in [0.05, 0.1) is 0 Å². The predicted molar refractivity (Wildman–Crippen MR) is 71.7 cm³/mol. The Balaban J connectivity index is 2.18. The number of ether oxygens (including phenoxy) is 1. The maximum atomic E-state index is 5.70. The van der Waals surface area contributed by atoms with Crippen LogP contribution in [0.2, 0.25) is 0 Å². The second kappa shape index (κ2) is 5.56. The average Bonchev–Trinajstić information content (AvgIpc) is 2.35. The monoisotopic (exact) mass is 251 g/mol. The van der Waals surface area contributed by atoms with E-state index in [9.17, 15) is 0 Å². The maximum Gasteiger partial charge on any atom is 0.123 e. The second-order valence-corrected chi connectivity index (χ2v) is 4.93. The van der Waals surface area contributed by atoms with Crippen molar-refractivity contribution in [1.82, 2.24) is 5.32 Å². The highest BCUT2D eigenvalue weighted by atomic mass is 35.5. The second-order valence-electron chi connectivity index (χ2n) is 4.40. The Morgan fingerprint density at radius 3 is 3.12 bits per heavy atom. The van der Waals surface area contributed by atoms with Crippen LogP contribution in [0.1, 0.15) is 30.0 Å². The Morgan fingerprint density at radius 2 is 2.41 bits per heavy atom. The number of fused-ring (bicyclic) bond motifs is 1. The van der Waals surface area contributed by atoms with Crippen molar-refractivity contribution in [2.45, 2.75) is 25.3 Å². The molecule has 1 aromatic carbocycles. The van der Waals surface area contributed by atoms with Crippen LogP contribution in [0.25, 0.3) is 0 Å². The fourth-order valence-corrected chi connectivity index (χ4v) is 2.38. The van der Waals surface area contributed by atoms with Gasteiger partial charge in [0, 0.05) is 11.1 Å². The van der Waals surface area contributed by atoms with Crippen molar-refractivity contribution in [1.29, 1.82) is 0 Å². The van der Waals surface area contributed by atoms with E-state index in [0.29, 0.717) is 17.7 Å². The van der Waals surface area contributed by atoms with Gasteiger partial charge in [0.1, 0.15) is 12.4 Å². The van der Waals surface area contributed by atoms with Crippen molar-refractivity contribution < 1.29 is 4.74 Å². The lowest BCUT2D eigenvalue weighted by molar-refractivity contribution is 0.357. The zero-order valence-electron chi connectivity index (χ0n) is 10.1. The van der Waals surface area contributed by atoms with Crippen molar-refractivity contribution in [2.75, 3.05) is 13.7 Å². The summed E-state index contributed by atoms with van der Waals surface area (Å²) < 4.78 is 5.57. The van der Waals surface area contributed by atoms with Crippen LogP contribution >= 0.6 is 11.6 Å². The van der Waals surface area contributed by atoms with Crippen LogP contribution < -0.4 is 10.1 Å². The van der Waals surface area contributed by atoms with E-state index >= 15 is 0 Å². The molecule has 0 bridgehead atoms. The van der Waals surface area contributed by atoms with E-state index in [0.717, 1.165) is 12.2 Å². The van der Waals surface area contributed by atoms with Gasteiger partial charge in [0.15, 0.2) is 0 Å². The molecule has 0 amide bonds. The molecule has 0 saturated heterocycles. The minimum Gasteiger partial charge on any atom is -0.488 e. The largest absolute Gasteiger partial charge is 0.488 e. The van der Waals surface area contributed by atoms with Crippen molar-refractivity contribution in [3.05, 3.63) is 40.9 Å². The SMILES string of the molecule is C=C(Cl)COc1ccc2c(c1)C(NC)CCC2. The smallest absolute Gasteiger partial charge is 0.123 e. The molecule has 2 rings (SSSR count). The van der Waals surface area contributed by atoms with Crippen LogP contribution in [-0.2, 0) is 6.42 Å². The number of hydrogen-bond acceptors (Lipinski definition) is 2. The summed E-state index contributed by atoms with van der Waals surface area (Å²) in [6.07, 6.45) is 3.60. The summed E-state index contributed by atoms with van der Waals surface area (Å²) in [4.78, 5) is 0. The molecular formula is C14H18ClNO. The van der Waals surface area contributed by atoms with Gasteiger partial charge >= 0.3 is 0 Å². The van der Waals surface area contributed by atoms with Crippen molar-refractivity contribution in [3.8, 4) is 5.75 Å². The van der Waals surface area contributed by atoms with Crippen LogP contribution in [0.3, 0.4) is 0 Å². The van der Waals surface area contributed by atoms with E-state index in [1.807, 2.05) is 13.1 Å². The summed E-state index contributed by atoms with van der Waals surface area (Å²) in [5.41, 5.74) is 2.78. The minimum atomic E-state index is 0.366. The summed E-state index contributed by atoms with van der Waals surface area (Å²) >= 11 is 5.70. The zero-order valence-corrected chi connectivity index (χ0v) is 10.9. The van der Waals surface area contributed by atoms with E-state index in [2.05, 4.69) is 24.0 Å². The molecule has 3 heteroatoms. The predicted octanol–water partition coefficient (Wildman–Crippen LogP) is 3.41. The standard InChI is InChI=1S/C14H18ClNO/c1-10(15)9-17-12-7-6-11-4-3-5-14(16-2)13(11)8-12/h6-8,14,16H,1,3-5,9H2,2H3. The molecule has 0 radical (unpaired) electrons. The number of halogens is 1. The summed E-state index contributed by atoms with van der Waals surface area (Å²) in [6, 6.07) is 6.73. The first-order valence-corrected chi connectivity index (χ1v) is 6.34. The molecule has 1 unspecified atom stereocenters. The maximum absolute atomic E-state index is 5.70. The fourth-order valence-electron chi connectivity index (χ4n) is 2.33. The van der Waals surface area contributed by atoms with Gasteiger partial charge in [-0.3, -0.25) is 0 Å². The van der Waals surface area contributed by atoms with E-state index < -0.39 is 0 Å². The summed E-state index contributed by atoms with van der Waals surface area (Å²) in [5.74, 6) is 0.868. The molecule has 0 aliphatic heterocycles. The first-order chi connectivity index (χ1) is 8.20. The third kappa shape index (κ3) is 3.02. The topological polar surface area (TPSA) is 21.3 Å². The number of hydrogen-bond donors (Lipinski definition) is 1. The first kappa shape index (κ1) is 12.5. The van der Waals surface area contributed by atoms with E-state index in [4.69, 9.17) is 16.3 Å². The molecule has 1 aromatic rings. The van der Waals surface area contributed by atoms with Gasteiger partial charge in [-0.05, 0) is 49.6 Å². The Labute approximate surface area is 108 Å². The van der Waals surface area contributed by atoms with Gasteiger partial charge in [-0.1, -0.05) is 24.2 Å². The number of benzene rings is 1. The highest BCUT2D eigenvalue weighted by Gasteiger charge is 2.19. The van der Waals surface area contributed by atoms with Gasteiger partial charge < -0.3 is 10.1 Å². The highest BCUT2D eigenvalue weighted by Crippen LogP contribution is 2.32. The number of rotatable bonds is 4. The van der Waals surface area contributed by atoms with Gasteiger partial charge in [0.2, 0.25) is 0 Å². The van der Waals surface area contributed by atoms with Gasteiger partial charge in [0.25, 0.3) is 0 Å². The Kier molecular flexibility index (Phi) is 4.08. The summed E-state index contributed by atoms with van der Waals surface area (Å²) in [6.45, 7) is 3.98. The Hall–Kier alpha value is -0.990. The molecule has 92 valence electrons. The molecule has 0 saturated carbocycles. The third-order valence-electron chi connectivity index (χ3n) is 3.18. The average molecular weight is 252 g/mol. The fraction of sp³-hybridized carbons (Fsp3) is 0.429. The molecule has 1 atom stereocenters. The summed E-state index contributed by atoms with van der Waals surface area (Å²) in [7, 11) is 2.01. The Bertz CT molecular complexity index is 417. The molecule has 2 nitrogen and oxygen atoms in total. The van der Waals surface area contributed by atoms with Crippen LogP contribution in [0, 0.1) is 0 Å².